The fourth-order valence-electron chi connectivity index (χ4n) is 2.14. The molecule has 0 aliphatic carbocycles. The zero-order valence-electron chi connectivity index (χ0n) is 13.8. The van der Waals surface area contributed by atoms with E-state index >= 15 is 0 Å². The summed E-state index contributed by atoms with van der Waals surface area (Å²) in [7, 11) is 3.67. The topological polar surface area (TPSA) is 36.9 Å². The van der Waals surface area contributed by atoms with Gasteiger partial charge in [0.2, 0.25) is 0 Å². The highest BCUT2D eigenvalue weighted by Gasteiger charge is 2.07. The molecule has 24 heavy (non-hydrogen) atoms. The Morgan fingerprint density at radius 2 is 2.17 bits per heavy atom. The second kappa shape index (κ2) is 9.22. The van der Waals surface area contributed by atoms with Gasteiger partial charge in [0.15, 0.2) is 17.5 Å². The van der Waals surface area contributed by atoms with Gasteiger partial charge in [0.25, 0.3) is 0 Å². The van der Waals surface area contributed by atoms with Crippen LogP contribution in [0.5, 0.6) is 5.75 Å². The van der Waals surface area contributed by atoms with Crippen molar-refractivity contribution in [2.45, 2.75) is 6.42 Å². The molecule has 0 unspecified atom stereocenters. The molecule has 0 amide bonds. The average molecular weight is 353 g/mol. The van der Waals surface area contributed by atoms with Crippen molar-refractivity contribution in [3.05, 3.63) is 52.2 Å². The Labute approximate surface area is 144 Å². The molecule has 0 aliphatic rings. The van der Waals surface area contributed by atoms with E-state index in [1.54, 1.807) is 18.4 Å². The van der Waals surface area contributed by atoms with E-state index in [1.807, 2.05) is 18.0 Å². The number of guanidine groups is 1. The van der Waals surface area contributed by atoms with Gasteiger partial charge in [-0.15, -0.1) is 11.3 Å². The lowest BCUT2D eigenvalue weighted by Crippen LogP contribution is -2.41. The van der Waals surface area contributed by atoms with Gasteiger partial charge in [-0.05, 0) is 30.0 Å². The first-order valence-corrected chi connectivity index (χ1v) is 8.50. The van der Waals surface area contributed by atoms with Gasteiger partial charge in [-0.2, -0.15) is 0 Å². The maximum Gasteiger partial charge on any atom is 0.193 e. The first-order valence-electron chi connectivity index (χ1n) is 7.62. The van der Waals surface area contributed by atoms with E-state index < -0.39 is 11.6 Å². The van der Waals surface area contributed by atoms with Crippen molar-refractivity contribution >= 4 is 17.3 Å². The number of nitrogens with one attached hydrogen (secondary N) is 1. The van der Waals surface area contributed by atoms with E-state index in [0.29, 0.717) is 6.54 Å². The van der Waals surface area contributed by atoms with Crippen LogP contribution in [0.4, 0.5) is 8.78 Å². The highest BCUT2D eigenvalue weighted by molar-refractivity contribution is 7.09. The Morgan fingerprint density at radius 3 is 2.83 bits per heavy atom. The largest absolute Gasteiger partial charge is 0.489 e. The second-order valence-corrected chi connectivity index (χ2v) is 6.18. The first-order chi connectivity index (χ1) is 11.6. The normalized spacial score (nSPS) is 11.4. The van der Waals surface area contributed by atoms with Crippen LogP contribution in [0.15, 0.2) is 40.7 Å². The van der Waals surface area contributed by atoms with Crippen LogP contribution >= 0.6 is 11.3 Å². The molecular weight excluding hydrogens is 332 g/mol. The lowest BCUT2D eigenvalue weighted by Gasteiger charge is -2.21. The maximum absolute atomic E-state index is 13.4. The molecule has 4 nitrogen and oxygen atoms in total. The molecule has 0 saturated heterocycles. The Kier molecular flexibility index (Phi) is 6.99. The number of hydrogen-bond acceptors (Lipinski definition) is 3. The van der Waals surface area contributed by atoms with Crippen LogP contribution < -0.4 is 10.1 Å². The van der Waals surface area contributed by atoms with Crippen molar-refractivity contribution in [1.82, 2.24) is 10.2 Å². The Hall–Kier alpha value is -2.15. The number of nitrogens with zero attached hydrogens (tertiary/aromatic N) is 2. The van der Waals surface area contributed by atoms with Crippen molar-refractivity contribution in [3.63, 3.8) is 0 Å². The van der Waals surface area contributed by atoms with Gasteiger partial charge in [0.05, 0.1) is 6.54 Å². The van der Waals surface area contributed by atoms with Crippen molar-refractivity contribution in [1.29, 1.82) is 0 Å². The molecule has 0 aliphatic heterocycles. The molecule has 0 radical (unpaired) electrons. The van der Waals surface area contributed by atoms with E-state index in [4.69, 9.17) is 4.74 Å². The molecule has 1 N–H and O–H groups in total. The number of aliphatic imine (C=N–C) groups is 1. The second-order valence-electron chi connectivity index (χ2n) is 5.15. The van der Waals surface area contributed by atoms with Crippen LogP contribution in [0, 0.1) is 11.6 Å². The lowest BCUT2D eigenvalue weighted by molar-refractivity contribution is 0.302. The van der Waals surface area contributed by atoms with Crippen molar-refractivity contribution in [3.8, 4) is 5.75 Å². The summed E-state index contributed by atoms with van der Waals surface area (Å²) in [6.45, 7) is 1.56. The van der Waals surface area contributed by atoms with Crippen molar-refractivity contribution in [2.75, 3.05) is 33.8 Å². The minimum atomic E-state index is -0.701. The number of hydrogen-bond donors (Lipinski definition) is 1. The Bertz CT molecular complexity index is 662. The van der Waals surface area contributed by atoms with Gasteiger partial charge in [-0.25, -0.2) is 8.78 Å². The lowest BCUT2D eigenvalue weighted by atomic mass is 10.3. The van der Waals surface area contributed by atoms with Crippen LogP contribution in [0.1, 0.15) is 4.88 Å². The van der Waals surface area contributed by atoms with E-state index in [9.17, 15) is 8.78 Å². The molecule has 2 rings (SSSR count). The molecule has 0 atom stereocenters. The highest BCUT2D eigenvalue weighted by atomic mass is 32.1. The van der Waals surface area contributed by atoms with Crippen LogP contribution in [0.2, 0.25) is 0 Å². The molecule has 1 aromatic heterocycles. The SMILES string of the molecule is CN=C(NCCOc1ccc(F)cc1F)N(C)CCc1cccs1. The van der Waals surface area contributed by atoms with Crippen LogP contribution in [-0.4, -0.2) is 44.7 Å². The molecule has 2 aromatic rings. The quantitative estimate of drug-likeness (QED) is 0.472. The maximum atomic E-state index is 13.4. The summed E-state index contributed by atoms with van der Waals surface area (Å²) in [4.78, 5) is 7.57. The predicted octanol–water partition coefficient (Wildman–Crippen LogP) is 3.16. The predicted molar refractivity (Wildman–Crippen MR) is 93.9 cm³/mol. The molecule has 0 spiro atoms. The monoisotopic (exact) mass is 353 g/mol. The summed E-state index contributed by atoms with van der Waals surface area (Å²) in [6.07, 6.45) is 0.951. The summed E-state index contributed by atoms with van der Waals surface area (Å²) in [5.41, 5.74) is 0. The first kappa shape index (κ1) is 18.2. The number of halogens is 2. The van der Waals surface area contributed by atoms with E-state index in [2.05, 4.69) is 21.8 Å². The molecule has 130 valence electrons. The molecule has 7 heteroatoms. The van der Waals surface area contributed by atoms with Crippen LogP contribution in [-0.2, 0) is 6.42 Å². The third-order valence-electron chi connectivity index (χ3n) is 3.38. The van der Waals surface area contributed by atoms with Crippen LogP contribution in [0.25, 0.3) is 0 Å². The molecule has 0 fully saturated rings. The Morgan fingerprint density at radius 1 is 1.33 bits per heavy atom. The number of thiophene rings is 1. The third kappa shape index (κ3) is 5.49. The Balaban J connectivity index is 1.72. The van der Waals surface area contributed by atoms with Gasteiger partial charge in [-0.3, -0.25) is 4.99 Å². The zero-order chi connectivity index (χ0) is 17.4. The fraction of sp³-hybridized carbons (Fsp3) is 0.353. The van der Waals surface area contributed by atoms with Gasteiger partial charge in [0, 0.05) is 31.6 Å². The van der Waals surface area contributed by atoms with Gasteiger partial charge < -0.3 is 15.0 Å². The van der Waals surface area contributed by atoms with Crippen LogP contribution in [0.3, 0.4) is 0 Å². The number of benzene rings is 1. The standard InChI is InChI=1S/C17H21F2N3OS/c1-20-17(22(2)9-7-14-4-3-11-24-14)21-8-10-23-16-6-5-13(18)12-15(16)19/h3-6,11-12H,7-10H2,1-2H3,(H,20,21). The number of rotatable bonds is 7. The van der Waals surface area contributed by atoms with E-state index in [-0.39, 0.29) is 12.4 Å². The van der Waals surface area contributed by atoms with E-state index in [0.717, 1.165) is 25.0 Å². The third-order valence-corrected chi connectivity index (χ3v) is 4.32. The van der Waals surface area contributed by atoms with Gasteiger partial charge in [0.1, 0.15) is 12.4 Å². The molecular formula is C17H21F2N3OS. The van der Waals surface area contributed by atoms with Gasteiger partial charge >= 0.3 is 0 Å². The minimum absolute atomic E-state index is 0.0410. The van der Waals surface area contributed by atoms with E-state index in [1.165, 1.54) is 17.0 Å². The average Bonchev–Trinajstić information content (AvgIpc) is 3.08. The van der Waals surface area contributed by atoms with Crippen molar-refractivity contribution in [2.24, 2.45) is 4.99 Å². The van der Waals surface area contributed by atoms with Gasteiger partial charge in [-0.1, -0.05) is 6.07 Å². The summed E-state index contributed by atoms with van der Waals surface area (Å²) in [5.74, 6) is -0.535. The summed E-state index contributed by atoms with van der Waals surface area (Å²) >= 11 is 1.74. The molecule has 0 saturated carbocycles. The summed E-state index contributed by atoms with van der Waals surface area (Å²) < 4.78 is 31.6. The molecule has 1 heterocycles. The summed E-state index contributed by atoms with van der Waals surface area (Å²) in [6, 6.07) is 7.41. The molecule has 1 aromatic carbocycles. The highest BCUT2D eigenvalue weighted by Crippen LogP contribution is 2.17. The van der Waals surface area contributed by atoms with Crippen molar-refractivity contribution < 1.29 is 13.5 Å². The zero-order valence-corrected chi connectivity index (χ0v) is 14.6. The number of ether oxygens (including phenoxy) is 1. The summed E-state index contributed by atoms with van der Waals surface area (Å²) in [5, 5.41) is 5.22. The fourth-order valence-corrected chi connectivity index (χ4v) is 2.84. The molecule has 0 bridgehead atoms. The number of likely N-dealkylation sites (N-methyl/N-ethyl adjacent to an activating group) is 1. The minimum Gasteiger partial charge on any atom is -0.489 e. The smallest absolute Gasteiger partial charge is 0.193 e.